The van der Waals surface area contributed by atoms with Crippen molar-refractivity contribution in [3.05, 3.63) is 47.3 Å². The highest BCUT2D eigenvalue weighted by Crippen LogP contribution is 2.43. The zero-order valence-corrected chi connectivity index (χ0v) is 14.4. The van der Waals surface area contributed by atoms with E-state index >= 15 is 0 Å². The van der Waals surface area contributed by atoms with Crippen LogP contribution in [0.2, 0.25) is 0 Å². The first-order valence-electron chi connectivity index (χ1n) is 8.25. The second kappa shape index (κ2) is 5.88. The van der Waals surface area contributed by atoms with Gasteiger partial charge in [-0.2, -0.15) is 5.10 Å². The van der Waals surface area contributed by atoms with Crippen LogP contribution >= 0.6 is 0 Å². The molecule has 25 heavy (non-hydrogen) atoms. The summed E-state index contributed by atoms with van der Waals surface area (Å²) in [6.07, 6.45) is 2.17. The van der Waals surface area contributed by atoms with Gasteiger partial charge in [0.1, 0.15) is 5.75 Å². The lowest BCUT2D eigenvalue weighted by Gasteiger charge is -2.06. The van der Waals surface area contributed by atoms with Gasteiger partial charge in [-0.15, -0.1) is 0 Å². The van der Waals surface area contributed by atoms with Crippen molar-refractivity contribution in [2.45, 2.75) is 25.7 Å². The van der Waals surface area contributed by atoms with E-state index in [0.717, 1.165) is 41.1 Å². The molecule has 1 fully saturated rings. The minimum atomic E-state index is -0.355. The highest BCUT2D eigenvalue weighted by atomic mass is 16.5. The fourth-order valence-corrected chi connectivity index (χ4v) is 3.08. The van der Waals surface area contributed by atoms with Gasteiger partial charge in [0, 0.05) is 11.6 Å². The van der Waals surface area contributed by atoms with Crippen LogP contribution in [0.15, 0.2) is 30.3 Å². The Bertz CT molecular complexity index is 956. The summed E-state index contributed by atoms with van der Waals surface area (Å²) < 4.78 is 12.0. The summed E-state index contributed by atoms with van der Waals surface area (Å²) in [6, 6.07) is 9.42. The summed E-state index contributed by atoms with van der Waals surface area (Å²) in [7, 11) is 3.03. The number of esters is 1. The molecule has 0 bridgehead atoms. The number of hydrogen-bond acceptors (Lipinski definition) is 5. The minimum absolute atomic E-state index is 0.355. The van der Waals surface area contributed by atoms with E-state index in [4.69, 9.17) is 14.6 Å². The Morgan fingerprint density at radius 1 is 1.20 bits per heavy atom. The van der Waals surface area contributed by atoms with E-state index < -0.39 is 0 Å². The standard InChI is InChI=1S/C19H19N3O3/c1-11-10-15(19(23)25-3)16-17(12-4-5-12)21-22(18(16)20-11)13-6-8-14(24-2)9-7-13/h6-10,12H,4-5H2,1-3H3. The van der Waals surface area contributed by atoms with Gasteiger partial charge in [-0.05, 0) is 50.1 Å². The molecular weight excluding hydrogens is 318 g/mol. The number of ether oxygens (including phenoxy) is 2. The lowest BCUT2D eigenvalue weighted by molar-refractivity contribution is 0.0602. The van der Waals surface area contributed by atoms with Gasteiger partial charge in [0.2, 0.25) is 0 Å². The van der Waals surface area contributed by atoms with Crippen LogP contribution in [0.4, 0.5) is 0 Å². The Morgan fingerprint density at radius 2 is 1.92 bits per heavy atom. The molecule has 0 aliphatic heterocycles. The second-order valence-corrected chi connectivity index (χ2v) is 6.27. The molecule has 2 aromatic heterocycles. The fourth-order valence-electron chi connectivity index (χ4n) is 3.08. The van der Waals surface area contributed by atoms with Crippen LogP contribution in [0, 0.1) is 6.92 Å². The Balaban J connectivity index is 1.98. The largest absolute Gasteiger partial charge is 0.497 e. The molecule has 6 nitrogen and oxygen atoms in total. The molecule has 4 rings (SSSR count). The van der Waals surface area contributed by atoms with E-state index in [2.05, 4.69) is 4.98 Å². The predicted octanol–water partition coefficient (Wildman–Crippen LogP) is 3.40. The first-order chi connectivity index (χ1) is 12.1. The molecule has 128 valence electrons. The van der Waals surface area contributed by atoms with Gasteiger partial charge >= 0.3 is 5.97 Å². The third-order valence-electron chi connectivity index (χ3n) is 4.48. The number of hydrogen-bond donors (Lipinski definition) is 0. The summed E-state index contributed by atoms with van der Waals surface area (Å²) in [6.45, 7) is 1.87. The second-order valence-electron chi connectivity index (χ2n) is 6.27. The van der Waals surface area contributed by atoms with E-state index in [1.807, 2.05) is 35.9 Å². The van der Waals surface area contributed by atoms with E-state index in [9.17, 15) is 4.79 Å². The quantitative estimate of drug-likeness (QED) is 0.683. The van der Waals surface area contributed by atoms with Crippen LogP contribution in [0.25, 0.3) is 16.7 Å². The summed E-state index contributed by atoms with van der Waals surface area (Å²) in [5.74, 6) is 0.809. The smallest absolute Gasteiger partial charge is 0.338 e. The Kier molecular flexibility index (Phi) is 3.67. The Morgan fingerprint density at radius 3 is 2.52 bits per heavy atom. The predicted molar refractivity (Wildman–Crippen MR) is 93.5 cm³/mol. The number of aryl methyl sites for hydroxylation is 1. The van der Waals surface area contributed by atoms with E-state index in [1.165, 1.54) is 7.11 Å². The summed E-state index contributed by atoms with van der Waals surface area (Å²) in [4.78, 5) is 17.0. The number of pyridine rings is 1. The first-order valence-corrected chi connectivity index (χ1v) is 8.25. The van der Waals surface area contributed by atoms with Crippen molar-refractivity contribution in [3.63, 3.8) is 0 Å². The van der Waals surface area contributed by atoms with Crippen LogP contribution in [0.5, 0.6) is 5.75 Å². The summed E-state index contributed by atoms with van der Waals surface area (Å²) in [5.41, 5.74) is 3.79. The highest BCUT2D eigenvalue weighted by molar-refractivity contribution is 6.04. The van der Waals surface area contributed by atoms with Crippen LogP contribution < -0.4 is 4.74 Å². The molecular formula is C19H19N3O3. The van der Waals surface area contributed by atoms with Crippen LogP contribution in [-0.2, 0) is 4.74 Å². The molecule has 0 atom stereocenters. The number of fused-ring (bicyclic) bond motifs is 1. The molecule has 0 spiro atoms. The average Bonchev–Trinajstić information content (AvgIpc) is 3.41. The minimum Gasteiger partial charge on any atom is -0.497 e. The van der Waals surface area contributed by atoms with Gasteiger partial charge in [-0.25, -0.2) is 14.5 Å². The van der Waals surface area contributed by atoms with E-state index in [-0.39, 0.29) is 5.97 Å². The molecule has 1 aliphatic carbocycles. The third-order valence-corrected chi connectivity index (χ3v) is 4.48. The molecule has 1 saturated carbocycles. The third kappa shape index (κ3) is 2.63. The van der Waals surface area contributed by atoms with Gasteiger partial charge in [0.25, 0.3) is 0 Å². The maximum atomic E-state index is 12.3. The maximum absolute atomic E-state index is 12.3. The van der Waals surface area contributed by atoms with Gasteiger partial charge in [-0.3, -0.25) is 0 Å². The normalized spacial score (nSPS) is 13.9. The number of carbonyl (C=O) groups excluding carboxylic acids is 1. The fraction of sp³-hybridized carbons (Fsp3) is 0.316. The van der Waals surface area contributed by atoms with Crippen molar-refractivity contribution in [1.29, 1.82) is 0 Å². The van der Waals surface area contributed by atoms with Crippen molar-refractivity contribution in [3.8, 4) is 11.4 Å². The topological polar surface area (TPSA) is 66.2 Å². The average molecular weight is 337 g/mol. The van der Waals surface area contributed by atoms with Gasteiger partial charge in [0.05, 0.1) is 36.6 Å². The molecule has 6 heteroatoms. The van der Waals surface area contributed by atoms with Crippen molar-refractivity contribution >= 4 is 17.0 Å². The van der Waals surface area contributed by atoms with Crippen LogP contribution in [0.1, 0.15) is 40.5 Å². The number of aromatic nitrogens is 3. The maximum Gasteiger partial charge on any atom is 0.338 e. The van der Waals surface area contributed by atoms with Gasteiger partial charge < -0.3 is 9.47 Å². The monoisotopic (exact) mass is 337 g/mol. The zero-order chi connectivity index (χ0) is 17.6. The van der Waals surface area contributed by atoms with Crippen molar-refractivity contribution in [2.75, 3.05) is 14.2 Å². The van der Waals surface area contributed by atoms with Gasteiger partial charge in [0.15, 0.2) is 5.65 Å². The zero-order valence-electron chi connectivity index (χ0n) is 14.4. The van der Waals surface area contributed by atoms with Crippen molar-refractivity contribution < 1.29 is 14.3 Å². The lowest BCUT2D eigenvalue weighted by Crippen LogP contribution is -2.05. The molecule has 1 aliphatic rings. The van der Waals surface area contributed by atoms with Crippen molar-refractivity contribution in [1.82, 2.24) is 14.8 Å². The van der Waals surface area contributed by atoms with Gasteiger partial charge in [-0.1, -0.05) is 0 Å². The number of nitrogens with zero attached hydrogens (tertiary/aromatic N) is 3. The van der Waals surface area contributed by atoms with Crippen LogP contribution in [0.3, 0.4) is 0 Å². The molecule has 1 aromatic carbocycles. The van der Waals surface area contributed by atoms with Crippen LogP contribution in [-0.4, -0.2) is 35.0 Å². The molecule has 3 aromatic rings. The SMILES string of the molecule is COC(=O)c1cc(C)nc2c1c(C1CC1)nn2-c1ccc(OC)cc1. The first kappa shape index (κ1) is 15.6. The molecule has 0 unspecified atom stereocenters. The number of benzene rings is 1. The number of carbonyl (C=O) groups is 1. The molecule has 0 radical (unpaired) electrons. The molecule has 0 saturated heterocycles. The molecule has 2 heterocycles. The Labute approximate surface area is 145 Å². The summed E-state index contributed by atoms with van der Waals surface area (Å²) >= 11 is 0. The van der Waals surface area contributed by atoms with Crippen molar-refractivity contribution in [2.24, 2.45) is 0 Å². The van der Waals surface area contributed by atoms with E-state index in [0.29, 0.717) is 17.1 Å². The molecule has 0 N–H and O–H groups in total. The molecule has 0 amide bonds. The number of methoxy groups -OCH3 is 2. The highest BCUT2D eigenvalue weighted by Gasteiger charge is 2.32. The van der Waals surface area contributed by atoms with E-state index in [1.54, 1.807) is 13.2 Å². The summed E-state index contributed by atoms with van der Waals surface area (Å²) in [5, 5.41) is 5.60. The number of rotatable bonds is 4. The Hall–Kier alpha value is -2.89. The lowest BCUT2D eigenvalue weighted by atomic mass is 10.1.